The number of aliphatic hydroxyl groups excluding tert-OH is 1. The number of methoxy groups -OCH3 is 1. The van der Waals surface area contributed by atoms with Crippen LogP contribution in [0.15, 0.2) is 22.8 Å². The van der Waals surface area contributed by atoms with E-state index in [1.54, 1.807) is 25.5 Å². The molecule has 4 nitrogen and oxygen atoms in total. The first kappa shape index (κ1) is 12.6. The Hall–Kier alpha value is -0.840. The average molecular weight is 239 g/mol. The van der Waals surface area contributed by atoms with Crippen LogP contribution in [-0.4, -0.2) is 30.9 Å². The fourth-order valence-electron chi connectivity index (χ4n) is 2.47. The summed E-state index contributed by atoms with van der Waals surface area (Å²) in [6.45, 7) is 4.88. The fraction of sp³-hybridized carbons (Fsp3) is 0.692. The number of rotatable bonds is 5. The summed E-state index contributed by atoms with van der Waals surface area (Å²) >= 11 is 0. The van der Waals surface area contributed by atoms with Crippen LogP contribution in [0.4, 0.5) is 0 Å². The fourth-order valence-corrected chi connectivity index (χ4v) is 2.47. The van der Waals surface area contributed by atoms with Gasteiger partial charge in [0.25, 0.3) is 0 Å². The van der Waals surface area contributed by atoms with Gasteiger partial charge >= 0.3 is 0 Å². The lowest BCUT2D eigenvalue weighted by Gasteiger charge is -2.51. The molecule has 1 aromatic heterocycles. The maximum atomic E-state index is 9.88. The van der Waals surface area contributed by atoms with Crippen molar-refractivity contribution in [3.05, 3.63) is 24.2 Å². The molecule has 96 valence electrons. The minimum atomic E-state index is -0.581. The summed E-state index contributed by atoms with van der Waals surface area (Å²) in [7, 11) is 1.75. The van der Waals surface area contributed by atoms with E-state index in [-0.39, 0.29) is 5.41 Å². The molecule has 17 heavy (non-hydrogen) atoms. The van der Waals surface area contributed by atoms with Gasteiger partial charge in [0.2, 0.25) is 0 Å². The SMILES string of the molecule is COC1CC(NCC(O)c2ccco2)C1(C)C. The van der Waals surface area contributed by atoms with Crippen molar-refractivity contribution in [2.24, 2.45) is 5.41 Å². The number of furan rings is 1. The molecule has 3 atom stereocenters. The van der Waals surface area contributed by atoms with Crippen molar-refractivity contribution in [2.45, 2.75) is 38.5 Å². The molecule has 0 aliphatic heterocycles. The van der Waals surface area contributed by atoms with E-state index in [0.717, 1.165) is 6.42 Å². The Morgan fingerprint density at radius 3 is 2.94 bits per heavy atom. The van der Waals surface area contributed by atoms with Crippen molar-refractivity contribution in [3.8, 4) is 0 Å². The van der Waals surface area contributed by atoms with Gasteiger partial charge in [-0.25, -0.2) is 0 Å². The summed E-state index contributed by atoms with van der Waals surface area (Å²) in [5.41, 5.74) is 0.123. The predicted molar refractivity (Wildman–Crippen MR) is 64.7 cm³/mol. The van der Waals surface area contributed by atoms with Gasteiger partial charge in [0.1, 0.15) is 11.9 Å². The van der Waals surface area contributed by atoms with Gasteiger partial charge in [0.15, 0.2) is 0 Å². The monoisotopic (exact) mass is 239 g/mol. The Bertz CT molecular complexity index is 348. The highest BCUT2D eigenvalue weighted by Gasteiger charge is 2.48. The van der Waals surface area contributed by atoms with Crippen molar-refractivity contribution in [1.82, 2.24) is 5.32 Å². The molecule has 0 aromatic carbocycles. The molecule has 1 aliphatic rings. The third-order valence-corrected chi connectivity index (χ3v) is 3.89. The second kappa shape index (κ2) is 4.80. The Kier molecular flexibility index (Phi) is 3.56. The number of aliphatic hydroxyl groups is 1. The number of ether oxygens (including phenoxy) is 1. The first-order valence-corrected chi connectivity index (χ1v) is 6.03. The van der Waals surface area contributed by atoms with E-state index < -0.39 is 6.10 Å². The van der Waals surface area contributed by atoms with Gasteiger partial charge in [0, 0.05) is 25.1 Å². The van der Waals surface area contributed by atoms with Crippen molar-refractivity contribution in [2.75, 3.05) is 13.7 Å². The smallest absolute Gasteiger partial charge is 0.133 e. The van der Waals surface area contributed by atoms with Crippen LogP contribution in [0.5, 0.6) is 0 Å². The summed E-state index contributed by atoms with van der Waals surface area (Å²) in [4.78, 5) is 0. The second-order valence-corrected chi connectivity index (χ2v) is 5.27. The Morgan fingerprint density at radius 1 is 1.65 bits per heavy atom. The highest BCUT2D eigenvalue weighted by atomic mass is 16.5. The zero-order valence-electron chi connectivity index (χ0n) is 10.6. The molecule has 1 heterocycles. The Morgan fingerprint density at radius 2 is 2.41 bits per heavy atom. The minimum Gasteiger partial charge on any atom is -0.467 e. The first-order chi connectivity index (χ1) is 8.05. The first-order valence-electron chi connectivity index (χ1n) is 6.03. The normalized spacial score (nSPS) is 28.7. The van der Waals surface area contributed by atoms with Crippen LogP contribution in [0.1, 0.15) is 32.1 Å². The van der Waals surface area contributed by atoms with Crippen LogP contribution >= 0.6 is 0 Å². The molecule has 1 aliphatic carbocycles. The van der Waals surface area contributed by atoms with E-state index in [4.69, 9.17) is 9.15 Å². The summed E-state index contributed by atoms with van der Waals surface area (Å²) in [6.07, 6.45) is 2.30. The minimum absolute atomic E-state index is 0.123. The predicted octanol–water partition coefficient (Wildman–Crippen LogP) is 1.72. The molecule has 1 fully saturated rings. The highest BCUT2D eigenvalue weighted by molar-refractivity contribution is 5.05. The van der Waals surface area contributed by atoms with Crippen LogP contribution in [0.25, 0.3) is 0 Å². The molecule has 3 unspecified atom stereocenters. The molecule has 1 saturated carbocycles. The zero-order valence-corrected chi connectivity index (χ0v) is 10.6. The molecule has 0 saturated heterocycles. The standard InChI is InChI=1S/C13H21NO3/c1-13(2)11(7-12(13)16-3)14-8-9(15)10-5-4-6-17-10/h4-6,9,11-12,14-15H,7-8H2,1-3H3. The van der Waals surface area contributed by atoms with Gasteiger partial charge in [-0.15, -0.1) is 0 Å². The highest BCUT2D eigenvalue weighted by Crippen LogP contribution is 2.42. The Balaban J connectivity index is 1.80. The van der Waals surface area contributed by atoms with E-state index in [1.165, 1.54) is 0 Å². The molecule has 0 radical (unpaired) electrons. The average Bonchev–Trinajstić information content (AvgIpc) is 2.81. The van der Waals surface area contributed by atoms with Gasteiger partial charge in [0.05, 0.1) is 12.4 Å². The van der Waals surface area contributed by atoms with Crippen molar-refractivity contribution in [3.63, 3.8) is 0 Å². The molecule has 0 spiro atoms. The van der Waals surface area contributed by atoms with E-state index in [0.29, 0.717) is 24.5 Å². The largest absolute Gasteiger partial charge is 0.467 e. The molecule has 2 rings (SSSR count). The molecule has 0 amide bonds. The summed E-state index contributed by atoms with van der Waals surface area (Å²) in [5, 5.41) is 13.3. The van der Waals surface area contributed by atoms with E-state index in [1.807, 2.05) is 0 Å². The quantitative estimate of drug-likeness (QED) is 0.821. The van der Waals surface area contributed by atoms with Crippen LogP contribution in [0.2, 0.25) is 0 Å². The van der Waals surface area contributed by atoms with Crippen LogP contribution in [-0.2, 0) is 4.74 Å². The molecule has 0 bridgehead atoms. The zero-order chi connectivity index (χ0) is 12.5. The maximum Gasteiger partial charge on any atom is 0.133 e. The summed E-state index contributed by atoms with van der Waals surface area (Å²) in [6, 6.07) is 3.96. The van der Waals surface area contributed by atoms with E-state index in [9.17, 15) is 5.11 Å². The number of nitrogens with one attached hydrogen (secondary N) is 1. The summed E-state index contributed by atoms with van der Waals surface area (Å²) < 4.78 is 10.5. The molecule has 1 aromatic rings. The molecule has 4 heteroatoms. The van der Waals surface area contributed by atoms with Crippen molar-refractivity contribution >= 4 is 0 Å². The van der Waals surface area contributed by atoms with Crippen molar-refractivity contribution < 1.29 is 14.3 Å². The lowest BCUT2D eigenvalue weighted by Crippen LogP contribution is -2.61. The Labute approximate surface area is 102 Å². The molecular formula is C13H21NO3. The van der Waals surface area contributed by atoms with Gasteiger partial charge in [-0.1, -0.05) is 13.8 Å². The lowest BCUT2D eigenvalue weighted by atomic mass is 9.64. The van der Waals surface area contributed by atoms with Gasteiger partial charge in [-0.3, -0.25) is 0 Å². The maximum absolute atomic E-state index is 9.88. The topological polar surface area (TPSA) is 54.6 Å². The number of hydrogen-bond donors (Lipinski definition) is 2. The lowest BCUT2D eigenvalue weighted by molar-refractivity contribution is -0.0994. The summed E-state index contributed by atoms with van der Waals surface area (Å²) in [5.74, 6) is 0.609. The van der Waals surface area contributed by atoms with Crippen molar-refractivity contribution in [1.29, 1.82) is 0 Å². The van der Waals surface area contributed by atoms with E-state index >= 15 is 0 Å². The van der Waals surface area contributed by atoms with E-state index in [2.05, 4.69) is 19.2 Å². The van der Waals surface area contributed by atoms with Gasteiger partial charge < -0.3 is 19.6 Å². The van der Waals surface area contributed by atoms with Gasteiger partial charge in [-0.05, 0) is 18.6 Å². The van der Waals surface area contributed by atoms with Crippen LogP contribution < -0.4 is 5.32 Å². The third kappa shape index (κ3) is 2.39. The van der Waals surface area contributed by atoms with Gasteiger partial charge in [-0.2, -0.15) is 0 Å². The molecular weight excluding hydrogens is 218 g/mol. The third-order valence-electron chi connectivity index (χ3n) is 3.89. The van der Waals surface area contributed by atoms with Crippen LogP contribution in [0.3, 0.4) is 0 Å². The second-order valence-electron chi connectivity index (χ2n) is 5.27. The number of hydrogen-bond acceptors (Lipinski definition) is 4. The van der Waals surface area contributed by atoms with Crippen LogP contribution in [0, 0.1) is 5.41 Å². The molecule has 2 N–H and O–H groups in total.